The van der Waals surface area contributed by atoms with E-state index in [1.807, 2.05) is 43.3 Å². The highest BCUT2D eigenvalue weighted by Crippen LogP contribution is 2.32. The van der Waals surface area contributed by atoms with Crippen LogP contribution in [0.4, 0.5) is 4.39 Å². The Bertz CT molecular complexity index is 1280. The number of aromatic nitrogens is 4. The van der Waals surface area contributed by atoms with Crippen molar-refractivity contribution in [3.8, 4) is 16.9 Å². The number of nitrogens with one attached hydrogen (secondary N) is 1. The molecular weight excluding hydrogens is 449 g/mol. The van der Waals surface area contributed by atoms with Crippen molar-refractivity contribution >= 4 is 16.5 Å². The van der Waals surface area contributed by atoms with Crippen molar-refractivity contribution in [1.82, 2.24) is 24.5 Å². The summed E-state index contributed by atoms with van der Waals surface area (Å²) >= 11 is 0. The Morgan fingerprint density at radius 3 is 2.79 bits per heavy atom. The Labute approximate surface area is 203 Å². The van der Waals surface area contributed by atoms with Gasteiger partial charge in [-0.15, -0.1) is 0 Å². The van der Waals surface area contributed by atoms with Gasteiger partial charge in [-0.1, -0.05) is 6.92 Å². The minimum atomic E-state index is -0.309. The number of hydrogen-bond donors (Lipinski definition) is 2. The van der Waals surface area contributed by atoms with E-state index in [4.69, 9.17) is 9.84 Å². The fraction of sp³-hybridized carbons (Fsp3) is 0.385. The normalized spacial score (nSPS) is 12.9. The maximum Gasteiger partial charge on any atom is 0.136 e. The van der Waals surface area contributed by atoms with E-state index in [1.165, 1.54) is 34.8 Å². The zero-order chi connectivity index (χ0) is 24.2. The van der Waals surface area contributed by atoms with Gasteiger partial charge in [0.1, 0.15) is 17.2 Å². The maximum absolute atomic E-state index is 14.2. The summed E-state index contributed by atoms with van der Waals surface area (Å²) in [4.78, 5) is 4.46. The highest BCUT2D eigenvalue weighted by molar-refractivity contribution is 8.15. The lowest BCUT2D eigenvalue weighted by molar-refractivity contribution is 0.321. The number of halogens is 1. The zero-order valence-corrected chi connectivity index (χ0v) is 21.5. The molecule has 0 fully saturated rings. The molecule has 3 heterocycles. The number of rotatable bonds is 10. The zero-order valence-electron chi connectivity index (χ0n) is 20.6. The molecule has 0 aliphatic carbocycles. The molecule has 0 spiro atoms. The summed E-state index contributed by atoms with van der Waals surface area (Å²) in [5.74, 6) is 2.44. The summed E-state index contributed by atoms with van der Waals surface area (Å²) < 4.78 is 24.4. The molecule has 8 heteroatoms. The van der Waals surface area contributed by atoms with Gasteiger partial charge in [0, 0.05) is 60.4 Å². The molecule has 1 aromatic carbocycles. The van der Waals surface area contributed by atoms with Crippen LogP contribution >= 0.6 is 10.9 Å². The van der Waals surface area contributed by atoms with Crippen LogP contribution < -0.4 is 10.1 Å². The molecule has 0 saturated carbocycles. The SMILES string of the molecule is CC[SH](C)Cc1nn(C)c(C)c1CCOc1cc(F)ccc1-c1ccc2ncc(CNC)n2c1. The van der Waals surface area contributed by atoms with Gasteiger partial charge >= 0.3 is 0 Å². The summed E-state index contributed by atoms with van der Waals surface area (Å²) in [6, 6.07) is 8.72. The smallest absolute Gasteiger partial charge is 0.136 e. The van der Waals surface area contributed by atoms with Crippen LogP contribution in [0.5, 0.6) is 5.75 Å². The maximum atomic E-state index is 14.2. The lowest BCUT2D eigenvalue weighted by Gasteiger charge is -2.15. The van der Waals surface area contributed by atoms with Gasteiger partial charge in [-0.2, -0.15) is 5.10 Å². The molecule has 0 amide bonds. The fourth-order valence-corrected chi connectivity index (χ4v) is 5.15. The lowest BCUT2D eigenvalue weighted by Crippen LogP contribution is -2.07. The van der Waals surface area contributed by atoms with Crippen LogP contribution in [0.3, 0.4) is 0 Å². The van der Waals surface area contributed by atoms with E-state index in [9.17, 15) is 4.39 Å². The summed E-state index contributed by atoms with van der Waals surface area (Å²) in [5, 5.41) is 7.92. The van der Waals surface area contributed by atoms with E-state index in [2.05, 4.69) is 34.8 Å². The number of nitrogens with zero attached hydrogens (tertiary/aromatic N) is 4. The molecule has 4 aromatic rings. The summed E-state index contributed by atoms with van der Waals surface area (Å²) in [5.41, 5.74) is 7.34. The number of imidazole rings is 1. The molecule has 1 unspecified atom stereocenters. The molecular formula is C26H34FN5OS. The second kappa shape index (κ2) is 10.6. The van der Waals surface area contributed by atoms with Crippen LogP contribution in [0.2, 0.25) is 0 Å². The Hall–Kier alpha value is -2.84. The quantitative estimate of drug-likeness (QED) is 0.322. The number of hydrogen-bond acceptors (Lipinski definition) is 4. The number of benzene rings is 1. The molecule has 6 nitrogen and oxygen atoms in total. The molecule has 0 aliphatic rings. The van der Waals surface area contributed by atoms with E-state index >= 15 is 0 Å². The van der Waals surface area contributed by atoms with Gasteiger partial charge in [-0.25, -0.2) is 9.37 Å². The summed E-state index contributed by atoms with van der Waals surface area (Å²) in [6.07, 6.45) is 6.96. The summed E-state index contributed by atoms with van der Waals surface area (Å²) in [7, 11) is 3.84. The average Bonchev–Trinajstić information content (AvgIpc) is 3.34. The first-order chi connectivity index (χ1) is 16.4. The molecule has 0 radical (unpaired) electrons. The predicted molar refractivity (Wildman–Crippen MR) is 140 cm³/mol. The molecule has 0 aliphatic heterocycles. The first-order valence-corrected chi connectivity index (χ1v) is 13.8. The van der Waals surface area contributed by atoms with Crippen molar-refractivity contribution in [2.24, 2.45) is 7.05 Å². The highest BCUT2D eigenvalue weighted by atomic mass is 32.2. The van der Waals surface area contributed by atoms with Gasteiger partial charge in [0.2, 0.25) is 0 Å². The number of ether oxygens (including phenoxy) is 1. The molecule has 1 atom stereocenters. The second-order valence-corrected chi connectivity index (χ2v) is 11.3. The molecule has 4 rings (SSSR count). The van der Waals surface area contributed by atoms with Gasteiger partial charge in [0.25, 0.3) is 0 Å². The Morgan fingerprint density at radius 1 is 1.21 bits per heavy atom. The van der Waals surface area contributed by atoms with Crippen molar-refractivity contribution in [2.75, 3.05) is 25.7 Å². The van der Waals surface area contributed by atoms with E-state index in [0.29, 0.717) is 18.9 Å². The highest BCUT2D eigenvalue weighted by Gasteiger charge is 2.16. The lowest BCUT2D eigenvalue weighted by atomic mass is 10.1. The first kappa shape index (κ1) is 24.3. The topological polar surface area (TPSA) is 56.4 Å². The van der Waals surface area contributed by atoms with Crippen LogP contribution in [0.15, 0.2) is 42.7 Å². The van der Waals surface area contributed by atoms with Gasteiger partial charge in [0.05, 0.1) is 24.2 Å². The van der Waals surface area contributed by atoms with E-state index in [0.717, 1.165) is 34.6 Å². The van der Waals surface area contributed by atoms with Crippen LogP contribution in [0.25, 0.3) is 16.8 Å². The molecule has 0 bridgehead atoms. The Balaban J connectivity index is 1.58. The summed E-state index contributed by atoms with van der Waals surface area (Å²) in [6.45, 7) is 5.51. The molecule has 34 heavy (non-hydrogen) atoms. The largest absolute Gasteiger partial charge is 0.492 e. The third-order valence-electron chi connectivity index (χ3n) is 6.31. The van der Waals surface area contributed by atoms with E-state index in [-0.39, 0.29) is 16.7 Å². The van der Waals surface area contributed by atoms with Crippen molar-refractivity contribution in [3.63, 3.8) is 0 Å². The predicted octanol–water partition coefficient (Wildman–Crippen LogP) is 4.67. The number of pyridine rings is 1. The van der Waals surface area contributed by atoms with Gasteiger partial charge in [-0.3, -0.25) is 15.6 Å². The van der Waals surface area contributed by atoms with Crippen LogP contribution in [-0.4, -0.2) is 44.8 Å². The van der Waals surface area contributed by atoms with Gasteiger partial charge in [-0.05, 0) is 50.2 Å². The standard InChI is InChI=1S/C26H34FN5OS/c1-6-34(5)17-24-22(18(2)31(4)30-24)11-12-33-25-13-20(27)8-9-23(25)19-7-10-26-29-15-21(14-28-3)32(26)16-19/h7-10,13,15-16,28,34H,6,11-12,14,17H2,1-5H3. The fourth-order valence-electron chi connectivity index (χ4n) is 4.16. The van der Waals surface area contributed by atoms with E-state index in [1.54, 1.807) is 6.07 Å². The minimum Gasteiger partial charge on any atom is -0.492 e. The molecule has 3 aromatic heterocycles. The second-order valence-electron chi connectivity index (χ2n) is 8.63. The third kappa shape index (κ3) is 5.13. The van der Waals surface area contributed by atoms with Crippen LogP contribution in [-0.2, 0) is 25.8 Å². The minimum absolute atomic E-state index is 0.0629. The Morgan fingerprint density at radius 2 is 2.03 bits per heavy atom. The van der Waals surface area contributed by atoms with Crippen molar-refractivity contribution in [3.05, 3.63) is 71.2 Å². The van der Waals surface area contributed by atoms with Gasteiger partial charge in [0.15, 0.2) is 0 Å². The number of fused-ring (bicyclic) bond motifs is 1. The molecule has 182 valence electrons. The monoisotopic (exact) mass is 483 g/mol. The van der Waals surface area contributed by atoms with Crippen LogP contribution in [0.1, 0.15) is 29.6 Å². The van der Waals surface area contributed by atoms with Crippen molar-refractivity contribution < 1.29 is 9.13 Å². The third-order valence-corrected chi connectivity index (χ3v) is 8.22. The van der Waals surface area contributed by atoms with Crippen molar-refractivity contribution in [2.45, 2.75) is 32.6 Å². The average molecular weight is 484 g/mol. The Kier molecular flexibility index (Phi) is 7.58. The number of aryl methyl sites for hydroxylation is 1. The molecule has 1 N–H and O–H groups in total. The molecule has 0 saturated heterocycles. The van der Waals surface area contributed by atoms with Gasteiger partial charge < -0.3 is 14.5 Å². The first-order valence-electron chi connectivity index (χ1n) is 11.6. The van der Waals surface area contributed by atoms with Crippen molar-refractivity contribution in [1.29, 1.82) is 0 Å². The van der Waals surface area contributed by atoms with E-state index < -0.39 is 0 Å². The van der Waals surface area contributed by atoms with Crippen LogP contribution in [0, 0.1) is 12.7 Å². The number of thiol groups is 1.